The zero-order valence-electron chi connectivity index (χ0n) is 12.4. The van der Waals surface area contributed by atoms with Crippen molar-refractivity contribution in [2.45, 2.75) is 44.6 Å². The molecule has 4 heteroatoms. The minimum atomic E-state index is -0.170. The number of nitrogens with zero attached hydrogens (tertiary/aromatic N) is 1. The highest BCUT2D eigenvalue weighted by molar-refractivity contribution is 5.22. The maximum absolute atomic E-state index is 10.2. The molecule has 0 amide bonds. The van der Waals surface area contributed by atoms with Gasteiger partial charge >= 0.3 is 0 Å². The van der Waals surface area contributed by atoms with E-state index in [1.807, 2.05) is 12.1 Å². The zero-order valence-corrected chi connectivity index (χ0v) is 12.4. The lowest BCUT2D eigenvalue weighted by atomic mass is 9.94. The standard InChI is InChI=1S/C17H25NO3/c19-11-14-6-4-13(5-7-14)10-18-8-9-21-12-16(18)15-2-1-3-17(15)20/h4-7,15-17,19-20H,1-3,8-12H2/t15-,16-,17-/m1/s1. The largest absolute Gasteiger partial charge is 0.393 e. The first-order valence-corrected chi connectivity index (χ1v) is 7.96. The summed E-state index contributed by atoms with van der Waals surface area (Å²) in [6, 6.07) is 8.46. The van der Waals surface area contributed by atoms with Gasteiger partial charge in [-0.25, -0.2) is 0 Å². The quantitative estimate of drug-likeness (QED) is 0.883. The van der Waals surface area contributed by atoms with Gasteiger partial charge in [0.25, 0.3) is 0 Å². The molecule has 0 unspecified atom stereocenters. The van der Waals surface area contributed by atoms with E-state index in [4.69, 9.17) is 9.84 Å². The van der Waals surface area contributed by atoms with Gasteiger partial charge in [-0.15, -0.1) is 0 Å². The van der Waals surface area contributed by atoms with Gasteiger partial charge in [-0.2, -0.15) is 0 Å². The fourth-order valence-electron chi connectivity index (χ4n) is 3.65. The van der Waals surface area contributed by atoms with Crippen molar-refractivity contribution in [1.29, 1.82) is 0 Å². The molecule has 1 saturated carbocycles. The Morgan fingerprint density at radius 3 is 2.57 bits per heavy atom. The molecular weight excluding hydrogens is 266 g/mol. The summed E-state index contributed by atoms with van der Waals surface area (Å²) in [5.41, 5.74) is 2.20. The molecule has 0 spiro atoms. The summed E-state index contributed by atoms with van der Waals surface area (Å²) in [5, 5.41) is 19.3. The van der Waals surface area contributed by atoms with Gasteiger partial charge in [-0.3, -0.25) is 4.90 Å². The normalized spacial score (nSPS) is 30.7. The predicted octanol–water partition coefficient (Wildman–Crippen LogP) is 1.54. The number of benzene rings is 1. The number of hydrogen-bond donors (Lipinski definition) is 2. The van der Waals surface area contributed by atoms with Crippen molar-refractivity contribution in [3.63, 3.8) is 0 Å². The molecule has 3 atom stereocenters. The van der Waals surface area contributed by atoms with Crippen molar-refractivity contribution in [2.24, 2.45) is 5.92 Å². The Bertz CT molecular complexity index is 448. The van der Waals surface area contributed by atoms with Gasteiger partial charge in [-0.05, 0) is 24.0 Å². The average Bonchev–Trinajstić information content (AvgIpc) is 2.95. The van der Waals surface area contributed by atoms with Gasteiger partial charge in [0, 0.05) is 25.0 Å². The smallest absolute Gasteiger partial charge is 0.0681 e. The van der Waals surface area contributed by atoms with Crippen LogP contribution >= 0.6 is 0 Å². The Balaban J connectivity index is 1.68. The monoisotopic (exact) mass is 291 g/mol. The van der Waals surface area contributed by atoms with Gasteiger partial charge in [-0.1, -0.05) is 30.7 Å². The SMILES string of the molecule is OCc1ccc(CN2CCOC[C@@H]2[C@H]2CCC[C@H]2O)cc1. The highest BCUT2D eigenvalue weighted by Crippen LogP contribution is 2.32. The molecule has 2 fully saturated rings. The van der Waals surface area contributed by atoms with Crippen LogP contribution in [0.1, 0.15) is 30.4 Å². The Morgan fingerprint density at radius 1 is 1.14 bits per heavy atom. The molecule has 0 radical (unpaired) electrons. The van der Waals surface area contributed by atoms with Crippen LogP contribution in [0.25, 0.3) is 0 Å². The summed E-state index contributed by atoms with van der Waals surface area (Å²) in [6.07, 6.45) is 2.99. The van der Waals surface area contributed by atoms with Crippen molar-refractivity contribution >= 4 is 0 Å². The first-order chi connectivity index (χ1) is 10.3. The fourth-order valence-corrected chi connectivity index (χ4v) is 3.65. The van der Waals surface area contributed by atoms with E-state index in [9.17, 15) is 5.11 Å². The van der Waals surface area contributed by atoms with Gasteiger partial charge in [0.05, 0.1) is 25.9 Å². The number of morpholine rings is 1. The Hall–Kier alpha value is -0.940. The van der Waals surface area contributed by atoms with Crippen molar-refractivity contribution < 1.29 is 14.9 Å². The van der Waals surface area contributed by atoms with Crippen LogP contribution < -0.4 is 0 Å². The summed E-state index contributed by atoms with van der Waals surface area (Å²) in [6.45, 7) is 3.41. The van der Waals surface area contributed by atoms with Crippen molar-refractivity contribution in [1.82, 2.24) is 4.90 Å². The Morgan fingerprint density at radius 2 is 1.90 bits per heavy atom. The number of ether oxygens (including phenoxy) is 1. The third kappa shape index (κ3) is 3.46. The minimum absolute atomic E-state index is 0.0920. The van der Waals surface area contributed by atoms with Gasteiger partial charge < -0.3 is 14.9 Å². The molecule has 1 aromatic rings. The highest BCUT2D eigenvalue weighted by atomic mass is 16.5. The van der Waals surface area contributed by atoms with E-state index >= 15 is 0 Å². The van der Waals surface area contributed by atoms with Crippen molar-refractivity contribution in [3.8, 4) is 0 Å². The second kappa shape index (κ2) is 6.88. The molecule has 1 aromatic carbocycles. The fraction of sp³-hybridized carbons (Fsp3) is 0.647. The molecule has 2 N–H and O–H groups in total. The van der Waals surface area contributed by atoms with Crippen molar-refractivity contribution in [3.05, 3.63) is 35.4 Å². The van der Waals surface area contributed by atoms with Gasteiger partial charge in [0.2, 0.25) is 0 Å². The van der Waals surface area contributed by atoms with Crippen LogP contribution in [0.4, 0.5) is 0 Å². The topological polar surface area (TPSA) is 52.9 Å². The number of hydrogen-bond acceptors (Lipinski definition) is 4. The van der Waals surface area contributed by atoms with E-state index in [2.05, 4.69) is 17.0 Å². The molecule has 1 aliphatic heterocycles. The molecule has 4 nitrogen and oxygen atoms in total. The third-order valence-corrected chi connectivity index (χ3v) is 4.90. The first-order valence-electron chi connectivity index (χ1n) is 7.96. The maximum Gasteiger partial charge on any atom is 0.0681 e. The molecule has 0 bridgehead atoms. The Kier molecular flexibility index (Phi) is 4.91. The molecule has 116 valence electrons. The summed E-state index contributed by atoms with van der Waals surface area (Å²) in [4.78, 5) is 2.46. The van der Waals surface area contributed by atoms with E-state index in [0.29, 0.717) is 12.0 Å². The van der Waals surface area contributed by atoms with Crippen LogP contribution in [0.5, 0.6) is 0 Å². The number of rotatable bonds is 4. The summed E-state index contributed by atoms with van der Waals surface area (Å²) in [5.74, 6) is 0.349. The van der Waals surface area contributed by atoms with Gasteiger partial charge in [0.15, 0.2) is 0 Å². The van der Waals surface area contributed by atoms with E-state index in [-0.39, 0.29) is 12.7 Å². The first kappa shape index (κ1) is 15.0. The minimum Gasteiger partial charge on any atom is -0.393 e. The van der Waals surface area contributed by atoms with E-state index < -0.39 is 0 Å². The number of aliphatic hydroxyl groups excluding tert-OH is 2. The van der Waals surface area contributed by atoms with E-state index in [1.165, 1.54) is 5.56 Å². The van der Waals surface area contributed by atoms with Gasteiger partial charge in [0.1, 0.15) is 0 Å². The lowest BCUT2D eigenvalue weighted by molar-refractivity contribution is -0.0536. The predicted molar refractivity (Wildman–Crippen MR) is 80.7 cm³/mol. The van der Waals surface area contributed by atoms with E-state index in [0.717, 1.165) is 51.1 Å². The molecule has 3 rings (SSSR count). The van der Waals surface area contributed by atoms with Crippen LogP contribution in [0.2, 0.25) is 0 Å². The van der Waals surface area contributed by atoms with Crippen LogP contribution in [0.3, 0.4) is 0 Å². The van der Waals surface area contributed by atoms with Crippen LogP contribution in [0, 0.1) is 5.92 Å². The summed E-state index contributed by atoms with van der Waals surface area (Å²) >= 11 is 0. The average molecular weight is 291 g/mol. The molecule has 0 aromatic heterocycles. The molecule has 1 saturated heterocycles. The molecule has 21 heavy (non-hydrogen) atoms. The van der Waals surface area contributed by atoms with Crippen LogP contribution in [-0.4, -0.2) is 47.0 Å². The second-order valence-corrected chi connectivity index (χ2v) is 6.25. The van der Waals surface area contributed by atoms with Crippen LogP contribution in [0.15, 0.2) is 24.3 Å². The molecule has 2 aliphatic rings. The third-order valence-electron chi connectivity index (χ3n) is 4.90. The lowest BCUT2D eigenvalue weighted by Gasteiger charge is -2.40. The van der Waals surface area contributed by atoms with Crippen LogP contribution in [-0.2, 0) is 17.9 Å². The summed E-state index contributed by atoms with van der Waals surface area (Å²) < 4.78 is 5.66. The lowest BCUT2D eigenvalue weighted by Crippen LogP contribution is -2.50. The second-order valence-electron chi connectivity index (χ2n) is 6.25. The number of aliphatic hydroxyl groups is 2. The maximum atomic E-state index is 10.2. The highest BCUT2D eigenvalue weighted by Gasteiger charge is 2.37. The summed E-state index contributed by atoms with van der Waals surface area (Å²) in [7, 11) is 0. The zero-order chi connectivity index (χ0) is 14.7. The molecule has 1 aliphatic carbocycles. The Labute approximate surface area is 126 Å². The molecular formula is C17H25NO3. The molecule has 1 heterocycles. The van der Waals surface area contributed by atoms with E-state index in [1.54, 1.807) is 0 Å². The van der Waals surface area contributed by atoms with Crippen molar-refractivity contribution in [2.75, 3.05) is 19.8 Å².